The van der Waals surface area contributed by atoms with Crippen molar-refractivity contribution in [1.82, 2.24) is 9.96 Å². The van der Waals surface area contributed by atoms with Crippen LogP contribution in [0.15, 0.2) is 17.5 Å². The van der Waals surface area contributed by atoms with E-state index < -0.39 is 12.1 Å². The Morgan fingerprint density at radius 3 is 2.63 bits per heavy atom. The smallest absolute Gasteiger partial charge is 0.475 e. The predicted octanol–water partition coefficient (Wildman–Crippen LogP) is 2.77. The summed E-state index contributed by atoms with van der Waals surface area (Å²) < 4.78 is 37.7. The first kappa shape index (κ1) is 23.0. The number of carboxylic acids is 1. The third-order valence-electron chi connectivity index (χ3n) is 5.43. The summed E-state index contributed by atoms with van der Waals surface area (Å²) in [4.78, 5) is 30.7. The molecule has 3 fully saturated rings. The molecular weight excluding hydrogens is 425 g/mol. The summed E-state index contributed by atoms with van der Waals surface area (Å²) in [7, 11) is 0. The largest absolute Gasteiger partial charge is 0.490 e. The first-order valence-corrected chi connectivity index (χ1v) is 10.7. The molecule has 7 nitrogen and oxygen atoms in total. The fourth-order valence-corrected chi connectivity index (χ4v) is 4.71. The molecule has 0 radical (unpaired) electrons. The number of fused-ring (bicyclic) bond motifs is 1. The highest BCUT2D eigenvalue weighted by Gasteiger charge is 2.44. The number of amides is 1. The maximum Gasteiger partial charge on any atom is 0.490 e. The SMILES string of the molecule is O=C(C[C@@H]1CO[C@@H]2CN(Cc3cccs3)C[C@H]12)N1CCCCO1.O=C(O)C(F)(F)F. The molecule has 4 rings (SSSR count). The molecule has 1 N–H and O–H groups in total. The van der Waals surface area contributed by atoms with Gasteiger partial charge in [0.25, 0.3) is 0 Å². The lowest BCUT2D eigenvalue weighted by atomic mass is 9.90. The number of carboxylic acid groups (broad SMARTS) is 1. The van der Waals surface area contributed by atoms with Crippen molar-refractivity contribution in [2.45, 2.75) is 38.1 Å². The predicted molar refractivity (Wildman–Crippen MR) is 102 cm³/mol. The van der Waals surface area contributed by atoms with Crippen LogP contribution in [0.25, 0.3) is 0 Å². The highest BCUT2D eigenvalue weighted by Crippen LogP contribution is 2.36. The Labute approximate surface area is 176 Å². The van der Waals surface area contributed by atoms with Crippen LogP contribution in [0.5, 0.6) is 0 Å². The third kappa shape index (κ3) is 6.16. The van der Waals surface area contributed by atoms with E-state index in [0.29, 0.717) is 31.0 Å². The zero-order chi connectivity index (χ0) is 21.7. The van der Waals surface area contributed by atoms with Crippen LogP contribution in [0, 0.1) is 11.8 Å². The fourth-order valence-electron chi connectivity index (χ4n) is 3.96. The number of hydrogen-bond donors (Lipinski definition) is 1. The minimum atomic E-state index is -5.08. The second-order valence-electron chi connectivity index (χ2n) is 7.61. The number of rotatable bonds is 4. The Morgan fingerprint density at radius 2 is 2.03 bits per heavy atom. The van der Waals surface area contributed by atoms with Crippen LogP contribution < -0.4 is 0 Å². The van der Waals surface area contributed by atoms with Crippen LogP contribution in [-0.2, 0) is 25.7 Å². The van der Waals surface area contributed by atoms with Gasteiger partial charge in [0.15, 0.2) is 0 Å². The van der Waals surface area contributed by atoms with Gasteiger partial charge in [0.05, 0.1) is 19.3 Å². The van der Waals surface area contributed by atoms with E-state index in [4.69, 9.17) is 19.5 Å². The summed E-state index contributed by atoms with van der Waals surface area (Å²) >= 11 is 1.81. The Morgan fingerprint density at radius 1 is 1.27 bits per heavy atom. The van der Waals surface area contributed by atoms with E-state index in [2.05, 4.69) is 22.4 Å². The van der Waals surface area contributed by atoms with E-state index in [-0.39, 0.29) is 5.91 Å². The Balaban J connectivity index is 0.000000318. The molecule has 0 unspecified atom stereocenters. The van der Waals surface area contributed by atoms with E-state index in [1.165, 1.54) is 4.88 Å². The average Bonchev–Trinajstić information content (AvgIpc) is 3.42. The summed E-state index contributed by atoms with van der Waals surface area (Å²) in [5, 5.41) is 10.8. The number of ether oxygens (including phenoxy) is 1. The van der Waals surface area contributed by atoms with Crippen molar-refractivity contribution < 1.29 is 37.4 Å². The molecule has 4 heterocycles. The van der Waals surface area contributed by atoms with Gasteiger partial charge in [-0.1, -0.05) is 6.07 Å². The summed E-state index contributed by atoms with van der Waals surface area (Å²) in [6.45, 7) is 5.18. The normalized spacial score (nSPS) is 26.8. The van der Waals surface area contributed by atoms with E-state index in [9.17, 15) is 18.0 Å². The van der Waals surface area contributed by atoms with Crippen molar-refractivity contribution in [1.29, 1.82) is 0 Å². The van der Waals surface area contributed by atoms with Gasteiger partial charge in [0.1, 0.15) is 0 Å². The highest BCUT2D eigenvalue weighted by molar-refractivity contribution is 7.09. The molecule has 30 heavy (non-hydrogen) atoms. The molecule has 1 aromatic rings. The minimum Gasteiger partial charge on any atom is -0.475 e. The van der Waals surface area contributed by atoms with Crippen molar-refractivity contribution in [2.75, 3.05) is 32.8 Å². The standard InChI is InChI=1S/C17H24N2O3S.C2HF3O2/c20-17(19-5-1-2-6-22-19)8-13-12-21-16-11-18(10-15(13)16)9-14-4-3-7-23-14;3-2(4,5)1(6)7/h3-4,7,13,15-16H,1-2,5-6,8-12H2;(H,6,7)/t13-,15-,16-;/m1./s1. The molecule has 1 amide bonds. The second kappa shape index (κ2) is 10.1. The summed E-state index contributed by atoms with van der Waals surface area (Å²) in [5.41, 5.74) is 0. The molecule has 168 valence electrons. The van der Waals surface area contributed by atoms with Crippen LogP contribution in [-0.4, -0.2) is 72.1 Å². The Kier molecular flexibility index (Phi) is 7.72. The molecule has 3 aliphatic rings. The number of likely N-dealkylation sites (tertiary alicyclic amines) is 1. The quantitative estimate of drug-likeness (QED) is 0.760. The molecule has 0 bridgehead atoms. The van der Waals surface area contributed by atoms with Crippen molar-refractivity contribution >= 4 is 23.2 Å². The number of aliphatic carboxylic acids is 1. The van der Waals surface area contributed by atoms with Gasteiger partial charge >= 0.3 is 12.1 Å². The zero-order valence-electron chi connectivity index (χ0n) is 16.3. The van der Waals surface area contributed by atoms with E-state index in [1.807, 2.05) is 11.3 Å². The monoisotopic (exact) mass is 450 g/mol. The van der Waals surface area contributed by atoms with Gasteiger partial charge < -0.3 is 9.84 Å². The zero-order valence-corrected chi connectivity index (χ0v) is 17.2. The van der Waals surface area contributed by atoms with Crippen molar-refractivity contribution in [3.05, 3.63) is 22.4 Å². The lowest BCUT2D eigenvalue weighted by molar-refractivity contribution is -0.198. The summed E-state index contributed by atoms with van der Waals surface area (Å²) in [5.74, 6) is -1.79. The number of thiophene rings is 1. The summed E-state index contributed by atoms with van der Waals surface area (Å²) in [6, 6.07) is 4.29. The van der Waals surface area contributed by atoms with Crippen molar-refractivity contribution in [2.24, 2.45) is 11.8 Å². The lowest BCUT2D eigenvalue weighted by Gasteiger charge is -2.27. The van der Waals surface area contributed by atoms with Gasteiger partial charge in [-0.3, -0.25) is 14.5 Å². The van der Waals surface area contributed by atoms with Gasteiger partial charge in [-0.05, 0) is 30.2 Å². The topological polar surface area (TPSA) is 79.3 Å². The van der Waals surface area contributed by atoms with Crippen molar-refractivity contribution in [3.8, 4) is 0 Å². The number of carbonyl (C=O) groups excluding carboxylic acids is 1. The van der Waals surface area contributed by atoms with Gasteiger partial charge in [-0.25, -0.2) is 9.86 Å². The second-order valence-corrected chi connectivity index (χ2v) is 8.64. The molecule has 3 aliphatic heterocycles. The first-order valence-electron chi connectivity index (χ1n) is 9.83. The highest BCUT2D eigenvalue weighted by atomic mass is 32.1. The van der Waals surface area contributed by atoms with Crippen LogP contribution in [0.2, 0.25) is 0 Å². The van der Waals surface area contributed by atoms with Gasteiger partial charge in [-0.2, -0.15) is 13.2 Å². The third-order valence-corrected chi connectivity index (χ3v) is 6.30. The minimum absolute atomic E-state index is 0.135. The van der Waals surface area contributed by atoms with Crippen LogP contribution in [0.1, 0.15) is 24.1 Å². The molecule has 3 atom stereocenters. The average molecular weight is 450 g/mol. The molecule has 0 spiro atoms. The number of alkyl halides is 3. The number of carbonyl (C=O) groups is 2. The Hall–Kier alpha value is -1.69. The maximum absolute atomic E-state index is 12.4. The van der Waals surface area contributed by atoms with E-state index in [0.717, 1.165) is 45.6 Å². The molecule has 0 saturated carbocycles. The molecule has 11 heteroatoms. The van der Waals surface area contributed by atoms with E-state index in [1.54, 1.807) is 5.06 Å². The summed E-state index contributed by atoms with van der Waals surface area (Å²) in [6.07, 6.45) is -2.12. The van der Waals surface area contributed by atoms with Gasteiger partial charge in [-0.15, -0.1) is 11.3 Å². The van der Waals surface area contributed by atoms with Gasteiger partial charge in [0.2, 0.25) is 5.91 Å². The Bertz CT molecular complexity index is 710. The lowest BCUT2D eigenvalue weighted by Crippen LogP contribution is -2.37. The van der Waals surface area contributed by atoms with Gasteiger partial charge in [0, 0.05) is 43.4 Å². The molecule has 1 aromatic heterocycles. The van der Waals surface area contributed by atoms with Crippen LogP contribution >= 0.6 is 11.3 Å². The molecule has 0 aromatic carbocycles. The van der Waals surface area contributed by atoms with Crippen LogP contribution in [0.3, 0.4) is 0 Å². The first-order chi connectivity index (χ1) is 14.2. The van der Waals surface area contributed by atoms with E-state index >= 15 is 0 Å². The number of nitrogens with zero attached hydrogens (tertiary/aromatic N) is 2. The number of hydrogen-bond acceptors (Lipinski definition) is 6. The molecule has 0 aliphatic carbocycles. The van der Waals surface area contributed by atoms with Crippen molar-refractivity contribution in [3.63, 3.8) is 0 Å². The molecular formula is C19H25F3N2O5S. The molecule has 3 saturated heterocycles. The van der Waals surface area contributed by atoms with Crippen LogP contribution in [0.4, 0.5) is 13.2 Å². The number of hydroxylamine groups is 2. The maximum atomic E-state index is 12.4. The fraction of sp³-hybridized carbons (Fsp3) is 0.684. The number of halogens is 3.